The number of rotatable bonds is 6. The lowest BCUT2D eigenvalue weighted by atomic mass is 9.96. The van der Waals surface area contributed by atoms with E-state index in [0.29, 0.717) is 24.3 Å². The molecule has 21 heavy (non-hydrogen) atoms. The third kappa shape index (κ3) is 3.36. The van der Waals surface area contributed by atoms with Gasteiger partial charge < -0.3 is 19.9 Å². The van der Waals surface area contributed by atoms with Gasteiger partial charge in [0.05, 0.1) is 18.2 Å². The Morgan fingerprint density at radius 1 is 1.48 bits per heavy atom. The summed E-state index contributed by atoms with van der Waals surface area (Å²) in [6.07, 6.45) is 0.531. The summed E-state index contributed by atoms with van der Waals surface area (Å²) < 4.78 is 10.9. The number of nitrogens with one attached hydrogen (secondary N) is 1. The van der Waals surface area contributed by atoms with Crippen LogP contribution in [0.5, 0.6) is 5.75 Å². The molecule has 0 radical (unpaired) electrons. The molecule has 2 rings (SSSR count). The highest BCUT2D eigenvalue weighted by atomic mass is 16.5. The summed E-state index contributed by atoms with van der Waals surface area (Å²) in [6.45, 7) is 4.48. The molecule has 3 atom stereocenters. The average molecular weight is 293 g/mol. The molecule has 0 aromatic heterocycles. The Morgan fingerprint density at radius 2 is 2.24 bits per heavy atom. The lowest BCUT2D eigenvalue weighted by Gasteiger charge is -2.18. The summed E-state index contributed by atoms with van der Waals surface area (Å²) in [6, 6.07) is 5.44. The van der Waals surface area contributed by atoms with Gasteiger partial charge in [0.2, 0.25) is 0 Å². The first kappa shape index (κ1) is 15.8. The maximum Gasteiger partial charge on any atom is 0.255 e. The highest BCUT2D eigenvalue weighted by Gasteiger charge is 2.31. The van der Waals surface area contributed by atoms with Gasteiger partial charge in [-0.1, -0.05) is 19.1 Å². The number of carbonyl (C=O) groups excluding carboxylic acids is 1. The van der Waals surface area contributed by atoms with E-state index in [4.69, 9.17) is 14.6 Å². The second-order valence-electron chi connectivity index (χ2n) is 5.47. The van der Waals surface area contributed by atoms with Crippen molar-refractivity contribution in [2.45, 2.75) is 38.3 Å². The summed E-state index contributed by atoms with van der Waals surface area (Å²) in [5, 5.41) is 11.9. The standard InChI is InChI=1S/C16H23NO4/c1-10-11(2)21-15-13(10)5-4-6-14(15)16(19)17-12(7-8-18)9-20-3/h4-6,10-12,18H,7-9H2,1-3H3,(H,17,19). The van der Waals surface area contributed by atoms with Gasteiger partial charge in [0.25, 0.3) is 5.91 Å². The summed E-state index contributed by atoms with van der Waals surface area (Å²) in [4.78, 5) is 12.4. The summed E-state index contributed by atoms with van der Waals surface area (Å²) in [5.41, 5.74) is 1.61. The van der Waals surface area contributed by atoms with Crippen LogP contribution in [0, 0.1) is 0 Å². The van der Waals surface area contributed by atoms with Crippen molar-refractivity contribution in [3.05, 3.63) is 29.3 Å². The molecule has 3 unspecified atom stereocenters. The molecule has 1 amide bonds. The molecular weight excluding hydrogens is 270 g/mol. The number of amides is 1. The average Bonchev–Trinajstić information content (AvgIpc) is 2.75. The minimum Gasteiger partial charge on any atom is -0.489 e. The zero-order valence-corrected chi connectivity index (χ0v) is 12.8. The second kappa shape index (κ2) is 6.91. The van der Waals surface area contributed by atoms with Crippen molar-refractivity contribution in [3.8, 4) is 5.75 Å². The first-order chi connectivity index (χ1) is 10.1. The van der Waals surface area contributed by atoms with Crippen molar-refractivity contribution in [2.75, 3.05) is 20.3 Å². The van der Waals surface area contributed by atoms with Crippen molar-refractivity contribution in [1.29, 1.82) is 0 Å². The van der Waals surface area contributed by atoms with Gasteiger partial charge in [-0.05, 0) is 19.4 Å². The number of hydrogen-bond donors (Lipinski definition) is 2. The van der Waals surface area contributed by atoms with Gasteiger partial charge in [-0.2, -0.15) is 0 Å². The first-order valence-electron chi connectivity index (χ1n) is 7.28. The molecule has 2 N–H and O–H groups in total. The number of benzene rings is 1. The Kier molecular flexibility index (Phi) is 5.20. The van der Waals surface area contributed by atoms with Gasteiger partial charge in [0.1, 0.15) is 11.9 Å². The predicted octanol–water partition coefficient (Wildman–Crippen LogP) is 1.70. The largest absolute Gasteiger partial charge is 0.489 e. The monoisotopic (exact) mass is 293 g/mol. The molecule has 0 fully saturated rings. The molecule has 0 saturated heterocycles. The van der Waals surface area contributed by atoms with E-state index in [1.807, 2.05) is 19.1 Å². The SMILES string of the molecule is COCC(CCO)NC(=O)c1cccc2c1OC(C)C2C. The molecule has 0 spiro atoms. The van der Waals surface area contributed by atoms with Crippen LogP contribution in [0.1, 0.15) is 42.1 Å². The Bertz CT molecular complexity index is 497. The van der Waals surface area contributed by atoms with Crippen molar-refractivity contribution >= 4 is 5.91 Å². The van der Waals surface area contributed by atoms with Crippen LogP contribution in [0.2, 0.25) is 0 Å². The fraction of sp³-hybridized carbons (Fsp3) is 0.562. The molecule has 1 aliphatic heterocycles. The van der Waals surface area contributed by atoms with Gasteiger partial charge in [0, 0.05) is 25.2 Å². The van der Waals surface area contributed by atoms with Crippen molar-refractivity contribution < 1.29 is 19.4 Å². The van der Waals surface area contributed by atoms with E-state index < -0.39 is 0 Å². The van der Waals surface area contributed by atoms with Gasteiger partial charge in [-0.15, -0.1) is 0 Å². The molecule has 0 saturated carbocycles. The number of ether oxygens (including phenoxy) is 2. The van der Waals surface area contributed by atoms with Crippen LogP contribution < -0.4 is 10.1 Å². The van der Waals surface area contributed by atoms with Crippen molar-refractivity contribution in [1.82, 2.24) is 5.32 Å². The minimum absolute atomic E-state index is 0.00573. The van der Waals surface area contributed by atoms with E-state index in [1.54, 1.807) is 13.2 Å². The molecule has 1 aliphatic rings. The molecular formula is C16H23NO4. The summed E-state index contributed by atoms with van der Waals surface area (Å²) in [5.74, 6) is 0.763. The highest BCUT2D eigenvalue weighted by Crippen LogP contribution is 2.40. The maximum atomic E-state index is 12.4. The number of methoxy groups -OCH3 is 1. The Morgan fingerprint density at radius 3 is 2.90 bits per heavy atom. The first-order valence-corrected chi connectivity index (χ1v) is 7.28. The van der Waals surface area contributed by atoms with Crippen molar-refractivity contribution in [2.24, 2.45) is 0 Å². The van der Waals surface area contributed by atoms with Crippen LogP contribution in [0.3, 0.4) is 0 Å². The topological polar surface area (TPSA) is 67.8 Å². The van der Waals surface area contributed by atoms with Crippen LogP contribution >= 0.6 is 0 Å². The number of para-hydroxylation sites is 1. The lowest BCUT2D eigenvalue weighted by Crippen LogP contribution is -2.38. The Labute approximate surface area is 125 Å². The highest BCUT2D eigenvalue weighted by molar-refractivity contribution is 5.97. The van der Waals surface area contributed by atoms with Crippen LogP contribution in [0.15, 0.2) is 18.2 Å². The number of aliphatic hydroxyl groups excluding tert-OH is 1. The van der Waals surface area contributed by atoms with Gasteiger partial charge in [-0.3, -0.25) is 4.79 Å². The molecule has 0 bridgehead atoms. The lowest BCUT2D eigenvalue weighted by molar-refractivity contribution is 0.0874. The fourth-order valence-corrected chi connectivity index (χ4v) is 2.58. The van der Waals surface area contributed by atoms with E-state index >= 15 is 0 Å². The third-order valence-corrected chi connectivity index (χ3v) is 3.97. The molecule has 116 valence electrons. The van der Waals surface area contributed by atoms with Crippen molar-refractivity contribution in [3.63, 3.8) is 0 Å². The normalized spacial score (nSPS) is 21.5. The van der Waals surface area contributed by atoms with E-state index in [-0.39, 0.29) is 30.6 Å². The number of fused-ring (bicyclic) bond motifs is 1. The van der Waals surface area contributed by atoms with Crippen LogP contribution in [0.25, 0.3) is 0 Å². The minimum atomic E-state index is -0.209. The van der Waals surface area contributed by atoms with E-state index in [9.17, 15) is 4.79 Å². The summed E-state index contributed by atoms with van der Waals surface area (Å²) >= 11 is 0. The number of carbonyl (C=O) groups is 1. The van der Waals surface area contributed by atoms with Crippen LogP contribution in [-0.2, 0) is 4.74 Å². The van der Waals surface area contributed by atoms with E-state index in [1.165, 1.54) is 0 Å². The quantitative estimate of drug-likeness (QED) is 0.837. The molecule has 5 heteroatoms. The zero-order chi connectivity index (χ0) is 15.4. The third-order valence-electron chi connectivity index (χ3n) is 3.97. The fourth-order valence-electron chi connectivity index (χ4n) is 2.58. The Balaban J connectivity index is 2.17. The van der Waals surface area contributed by atoms with Gasteiger partial charge in [0.15, 0.2) is 0 Å². The van der Waals surface area contributed by atoms with Gasteiger partial charge in [-0.25, -0.2) is 0 Å². The van der Waals surface area contributed by atoms with Crippen LogP contribution in [0.4, 0.5) is 0 Å². The Hall–Kier alpha value is -1.59. The van der Waals surface area contributed by atoms with E-state index in [2.05, 4.69) is 12.2 Å². The van der Waals surface area contributed by atoms with Gasteiger partial charge >= 0.3 is 0 Å². The molecule has 1 aromatic carbocycles. The smallest absolute Gasteiger partial charge is 0.255 e. The second-order valence-corrected chi connectivity index (χ2v) is 5.47. The maximum absolute atomic E-state index is 12.4. The summed E-state index contributed by atoms with van der Waals surface area (Å²) in [7, 11) is 1.57. The molecule has 5 nitrogen and oxygen atoms in total. The molecule has 0 aliphatic carbocycles. The molecule has 1 heterocycles. The zero-order valence-electron chi connectivity index (χ0n) is 12.8. The number of aliphatic hydroxyl groups is 1. The van der Waals surface area contributed by atoms with E-state index in [0.717, 1.165) is 5.56 Å². The number of hydrogen-bond acceptors (Lipinski definition) is 4. The molecule has 1 aromatic rings. The van der Waals surface area contributed by atoms with Crippen LogP contribution in [-0.4, -0.2) is 43.5 Å². The predicted molar refractivity (Wildman–Crippen MR) is 79.8 cm³/mol.